The maximum Gasteiger partial charge on any atom is 0.264 e. The standard InChI is InChI=1S/C29H33Cl2N3O5S/c1-20(2)17-32-29(36)21(3)33(18-22-10-8-9-13-25(22)30)28(35)19-34(23-14-15-27(39-4)26(31)16-23)40(37,38)24-11-6-5-7-12-24/h5-16,20-21H,17-19H2,1-4H3,(H,32,36)/t21-/m1/s1. The molecule has 11 heteroatoms. The van der Waals surface area contributed by atoms with Crippen molar-refractivity contribution in [2.45, 2.75) is 38.3 Å². The third-order valence-corrected chi connectivity index (χ3v) is 8.64. The molecule has 0 aliphatic carbocycles. The van der Waals surface area contributed by atoms with Gasteiger partial charge in [0.15, 0.2) is 0 Å². The lowest BCUT2D eigenvalue weighted by atomic mass is 10.1. The number of nitrogens with zero attached hydrogens (tertiary/aromatic N) is 2. The van der Waals surface area contributed by atoms with E-state index in [2.05, 4.69) is 5.32 Å². The molecule has 0 spiro atoms. The number of hydrogen-bond donors (Lipinski definition) is 1. The van der Waals surface area contributed by atoms with Crippen molar-refractivity contribution in [3.05, 3.63) is 88.4 Å². The smallest absolute Gasteiger partial charge is 0.264 e. The van der Waals surface area contributed by atoms with Crippen LogP contribution >= 0.6 is 23.2 Å². The minimum Gasteiger partial charge on any atom is -0.495 e. The molecule has 0 radical (unpaired) electrons. The highest BCUT2D eigenvalue weighted by molar-refractivity contribution is 7.92. The normalized spacial score (nSPS) is 12.1. The van der Waals surface area contributed by atoms with Crippen LogP contribution in [0, 0.1) is 5.92 Å². The molecule has 2 amide bonds. The molecule has 3 aromatic carbocycles. The Bertz CT molecular complexity index is 1430. The van der Waals surface area contributed by atoms with E-state index in [0.29, 0.717) is 22.9 Å². The topological polar surface area (TPSA) is 96.0 Å². The SMILES string of the molecule is COc1ccc(N(CC(=O)N(Cc2ccccc2Cl)[C@H](C)C(=O)NCC(C)C)S(=O)(=O)c2ccccc2)cc1Cl. The number of anilines is 1. The van der Waals surface area contributed by atoms with Gasteiger partial charge in [-0.25, -0.2) is 8.42 Å². The molecular formula is C29H33Cl2N3O5S. The Morgan fingerprint density at radius 1 is 0.925 bits per heavy atom. The third-order valence-electron chi connectivity index (χ3n) is 6.18. The van der Waals surface area contributed by atoms with E-state index in [1.165, 1.54) is 42.3 Å². The number of hydrogen-bond acceptors (Lipinski definition) is 5. The largest absolute Gasteiger partial charge is 0.495 e. The molecule has 0 bridgehead atoms. The zero-order valence-electron chi connectivity index (χ0n) is 22.8. The molecular weight excluding hydrogens is 573 g/mol. The molecule has 0 aliphatic heterocycles. The first-order valence-corrected chi connectivity index (χ1v) is 14.9. The van der Waals surface area contributed by atoms with Crippen molar-refractivity contribution in [2.75, 3.05) is 24.5 Å². The van der Waals surface area contributed by atoms with Gasteiger partial charge in [-0.05, 0) is 54.8 Å². The van der Waals surface area contributed by atoms with Gasteiger partial charge in [-0.15, -0.1) is 0 Å². The van der Waals surface area contributed by atoms with E-state index < -0.39 is 28.5 Å². The van der Waals surface area contributed by atoms with E-state index in [9.17, 15) is 18.0 Å². The van der Waals surface area contributed by atoms with Gasteiger partial charge < -0.3 is 15.0 Å². The fourth-order valence-electron chi connectivity index (χ4n) is 3.90. The molecule has 3 rings (SSSR count). The highest BCUT2D eigenvalue weighted by Gasteiger charge is 2.33. The lowest BCUT2D eigenvalue weighted by Crippen LogP contribution is -2.51. The number of benzene rings is 3. The van der Waals surface area contributed by atoms with Crippen molar-refractivity contribution in [1.29, 1.82) is 0 Å². The quantitative estimate of drug-likeness (QED) is 0.299. The van der Waals surface area contributed by atoms with Gasteiger partial charge in [-0.2, -0.15) is 0 Å². The second kappa shape index (κ2) is 13.9. The molecule has 214 valence electrons. The molecule has 0 aliphatic rings. The fraction of sp³-hybridized carbons (Fsp3) is 0.310. The number of amides is 2. The van der Waals surface area contributed by atoms with E-state index in [1.54, 1.807) is 49.4 Å². The second-order valence-electron chi connectivity index (χ2n) is 9.57. The molecule has 0 unspecified atom stereocenters. The van der Waals surface area contributed by atoms with Crippen molar-refractivity contribution >= 4 is 50.7 Å². The van der Waals surface area contributed by atoms with Crippen LogP contribution in [0.15, 0.2) is 77.7 Å². The number of carbonyl (C=O) groups excluding carboxylic acids is 2. The third kappa shape index (κ3) is 7.68. The summed E-state index contributed by atoms with van der Waals surface area (Å²) in [4.78, 5) is 28.3. The number of ether oxygens (including phenoxy) is 1. The van der Waals surface area contributed by atoms with Crippen molar-refractivity contribution in [1.82, 2.24) is 10.2 Å². The molecule has 0 aromatic heterocycles. The second-order valence-corrected chi connectivity index (χ2v) is 12.2. The minimum absolute atomic E-state index is 0.00261. The lowest BCUT2D eigenvalue weighted by Gasteiger charge is -2.32. The number of sulfonamides is 1. The molecule has 3 aromatic rings. The Hall–Kier alpha value is -3.27. The van der Waals surface area contributed by atoms with Gasteiger partial charge in [0.1, 0.15) is 18.3 Å². The molecule has 0 heterocycles. The molecule has 1 N–H and O–H groups in total. The Balaban J connectivity index is 2.05. The van der Waals surface area contributed by atoms with Gasteiger partial charge in [0.05, 0.1) is 22.7 Å². The summed E-state index contributed by atoms with van der Waals surface area (Å²) < 4.78 is 33.9. The monoisotopic (exact) mass is 605 g/mol. The Morgan fingerprint density at radius 3 is 2.17 bits per heavy atom. The summed E-state index contributed by atoms with van der Waals surface area (Å²) in [5.74, 6) is -0.405. The number of halogens is 2. The van der Waals surface area contributed by atoms with Gasteiger partial charge in [0.2, 0.25) is 11.8 Å². The molecule has 1 atom stereocenters. The maximum atomic E-state index is 14.0. The lowest BCUT2D eigenvalue weighted by molar-refractivity contribution is -0.139. The Morgan fingerprint density at radius 2 is 1.57 bits per heavy atom. The zero-order chi connectivity index (χ0) is 29.4. The Labute approximate surface area is 245 Å². The Kier molecular flexibility index (Phi) is 10.8. The first kappa shape index (κ1) is 31.3. The first-order chi connectivity index (χ1) is 18.9. The summed E-state index contributed by atoms with van der Waals surface area (Å²) in [5, 5.41) is 3.45. The van der Waals surface area contributed by atoms with Gasteiger partial charge in [0, 0.05) is 18.1 Å². The van der Waals surface area contributed by atoms with Crippen LogP contribution in [0.5, 0.6) is 5.75 Å². The maximum absolute atomic E-state index is 14.0. The predicted molar refractivity (Wildman–Crippen MR) is 158 cm³/mol. The molecule has 0 saturated carbocycles. The molecule has 40 heavy (non-hydrogen) atoms. The van der Waals surface area contributed by atoms with Gasteiger partial charge >= 0.3 is 0 Å². The van der Waals surface area contributed by atoms with Crippen molar-refractivity contribution in [3.8, 4) is 5.75 Å². The summed E-state index contributed by atoms with van der Waals surface area (Å²) in [7, 11) is -2.76. The highest BCUT2D eigenvalue weighted by atomic mass is 35.5. The number of nitrogens with one attached hydrogen (secondary N) is 1. The van der Waals surface area contributed by atoms with Gasteiger partial charge in [0.25, 0.3) is 10.0 Å². The van der Waals surface area contributed by atoms with Crippen LogP contribution in [0.25, 0.3) is 0 Å². The summed E-state index contributed by atoms with van der Waals surface area (Å²) in [5.41, 5.74) is 0.781. The van der Waals surface area contributed by atoms with Crippen LogP contribution in [0.4, 0.5) is 5.69 Å². The number of carbonyl (C=O) groups is 2. The first-order valence-electron chi connectivity index (χ1n) is 12.7. The summed E-state index contributed by atoms with van der Waals surface area (Å²) in [6, 6.07) is 18.3. The summed E-state index contributed by atoms with van der Waals surface area (Å²) in [6.45, 7) is 5.36. The average molecular weight is 607 g/mol. The van der Waals surface area contributed by atoms with Crippen molar-refractivity contribution in [2.24, 2.45) is 5.92 Å². The van der Waals surface area contributed by atoms with E-state index in [1.807, 2.05) is 13.8 Å². The summed E-state index contributed by atoms with van der Waals surface area (Å²) in [6.07, 6.45) is 0. The summed E-state index contributed by atoms with van der Waals surface area (Å²) >= 11 is 12.7. The van der Waals surface area contributed by atoms with E-state index >= 15 is 0 Å². The number of methoxy groups -OCH3 is 1. The van der Waals surface area contributed by atoms with E-state index in [0.717, 1.165) is 4.31 Å². The van der Waals surface area contributed by atoms with Crippen LogP contribution in [0.3, 0.4) is 0 Å². The molecule has 0 fully saturated rings. The van der Waals surface area contributed by atoms with Crippen molar-refractivity contribution in [3.63, 3.8) is 0 Å². The van der Waals surface area contributed by atoms with E-state index in [-0.39, 0.29) is 34.0 Å². The van der Waals surface area contributed by atoms with Crippen LogP contribution in [-0.4, -0.2) is 51.4 Å². The average Bonchev–Trinajstić information content (AvgIpc) is 2.94. The van der Waals surface area contributed by atoms with Gasteiger partial charge in [-0.3, -0.25) is 13.9 Å². The minimum atomic E-state index is -4.21. The fourth-order valence-corrected chi connectivity index (χ4v) is 5.78. The zero-order valence-corrected chi connectivity index (χ0v) is 25.1. The van der Waals surface area contributed by atoms with Gasteiger partial charge in [-0.1, -0.05) is 73.4 Å². The van der Waals surface area contributed by atoms with Crippen LogP contribution in [0.2, 0.25) is 10.0 Å². The molecule has 0 saturated heterocycles. The highest BCUT2D eigenvalue weighted by Crippen LogP contribution is 2.32. The van der Waals surface area contributed by atoms with Crippen molar-refractivity contribution < 1.29 is 22.7 Å². The van der Waals surface area contributed by atoms with E-state index in [4.69, 9.17) is 27.9 Å². The van der Waals surface area contributed by atoms with Crippen LogP contribution in [0.1, 0.15) is 26.3 Å². The molecule has 8 nitrogen and oxygen atoms in total. The number of rotatable bonds is 12. The predicted octanol–water partition coefficient (Wildman–Crippen LogP) is 5.39. The van der Waals surface area contributed by atoms with Crippen LogP contribution < -0.4 is 14.4 Å². The van der Waals surface area contributed by atoms with Crippen LogP contribution in [-0.2, 0) is 26.2 Å².